The van der Waals surface area contributed by atoms with Crippen molar-refractivity contribution in [2.24, 2.45) is 0 Å². The van der Waals surface area contributed by atoms with Gasteiger partial charge in [-0.25, -0.2) is 0 Å². The molecule has 0 saturated heterocycles. The topological polar surface area (TPSA) is 121 Å². The Labute approximate surface area is 162 Å². The number of phenols is 6. The van der Waals surface area contributed by atoms with Gasteiger partial charge in [-0.2, -0.15) is 0 Å². The highest BCUT2D eigenvalue weighted by Crippen LogP contribution is 2.36. The fourth-order valence-corrected chi connectivity index (χ4v) is 3.16. The molecule has 0 radical (unpaired) electrons. The van der Waals surface area contributed by atoms with Crippen molar-refractivity contribution in [3.8, 4) is 34.5 Å². The lowest BCUT2D eigenvalue weighted by Crippen LogP contribution is -1.97. The summed E-state index contributed by atoms with van der Waals surface area (Å²) in [5.41, 5.74) is 2.12. The maximum atomic E-state index is 10.3. The Kier molecular flexibility index (Phi) is 5.49. The lowest BCUT2D eigenvalue weighted by atomic mass is 9.97. The van der Waals surface area contributed by atoms with E-state index in [9.17, 15) is 30.6 Å². The van der Waals surface area contributed by atoms with Crippen LogP contribution in [0.25, 0.3) is 0 Å². The fraction of sp³-hybridized carbons (Fsp3) is 0.182. The number of benzene rings is 3. The third-order valence-corrected chi connectivity index (χ3v) is 4.84. The normalized spacial score (nSPS) is 10.9. The van der Waals surface area contributed by atoms with Crippen LogP contribution in [-0.2, 0) is 25.7 Å². The summed E-state index contributed by atoms with van der Waals surface area (Å²) in [5.74, 6) is -1.22. The first kappa shape index (κ1) is 19.2. The van der Waals surface area contributed by atoms with Crippen LogP contribution in [0.2, 0.25) is 0 Å². The quantitative estimate of drug-likeness (QED) is 0.363. The molecule has 0 atom stereocenters. The van der Waals surface area contributed by atoms with Gasteiger partial charge in [0.2, 0.25) is 0 Å². The van der Waals surface area contributed by atoms with Gasteiger partial charge >= 0.3 is 0 Å². The van der Waals surface area contributed by atoms with Gasteiger partial charge in [-0.3, -0.25) is 0 Å². The molecule has 0 fully saturated rings. The van der Waals surface area contributed by atoms with Crippen molar-refractivity contribution < 1.29 is 30.6 Å². The van der Waals surface area contributed by atoms with Crippen LogP contribution in [0.3, 0.4) is 0 Å². The van der Waals surface area contributed by atoms with Gasteiger partial charge in [0.05, 0.1) is 0 Å². The van der Waals surface area contributed by atoms with Crippen LogP contribution in [0.15, 0.2) is 48.5 Å². The van der Waals surface area contributed by atoms with E-state index in [0.717, 1.165) is 0 Å². The molecule has 0 heterocycles. The Bertz CT molecular complexity index is 916. The van der Waals surface area contributed by atoms with Gasteiger partial charge < -0.3 is 30.6 Å². The first-order chi connectivity index (χ1) is 13.4. The van der Waals surface area contributed by atoms with Gasteiger partial charge in [0.15, 0.2) is 34.5 Å². The first-order valence-corrected chi connectivity index (χ1v) is 8.90. The van der Waals surface area contributed by atoms with Gasteiger partial charge in [0, 0.05) is 0 Å². The molecule has 0 aliphatic heterocycles. The molecule has 0 aliphatic rings. The van der Waals surface area contributed by atoms with Gasteiger partial charge in [-0.1, -0.05) is 36.4 Å². The first-order valence-electron chi connectivity index (χ1n) is 8.90. The van der Waals surface area contributed by atoms with Crippen molar-refractivity contribution in [1.82, 2.24) is 0 Å². The van der Waals surface area contributed by atoms with E-state index < -0.39 is 0 Å². The van der Waals surface area contributed by atoms with Crippen LogP contribution >= 0.6 is 0 Å². The summed E-state index contributed by atoms with van der Waals surface area (Å²) < 4.78 is 0. The Morgan fingerprint density at radius 1 is 0.393 bits per heavy atom. The molecule has 0 saturated carbocycles. The van der Waals surface area contributed by atoms with Crippen LogP contribution in [0.5, 0.6) is 34.5 Å². The summed E-state index contributed by atoms with van der Waals surface area (Å²) in [5, 5.41) is 59.5. The summed E-state index contributed by atoms with van der Waals surface area (Å²) in [6.07, 6.45) is 1.49. The number of hydrogen-bond acceptors (Lipinski definition) is 6. The minimum atomic E-state index is -0.225. The number of para-hydroxylation sites is 2. The molecule has 3 aromatic rings. The predicted octanol–water partition coefficient (Wildman–Crippen LogP) is 3.49. The molecule has 28 heavy (non-hydrogen) atoms. The van der Waals surface area contributed by atoms with Crippen LogP contribution in [0, 0.1) is 0 Å². The average molecular weight is 382 g/mol. The molecule has 0 unspecified atom stereocenters. The molecule has 0 aromatic heterocycles. The molecule has 0 spiro atoms. The number of hydrogen-bond donors (Lipinski definition) is 6. The van der Waals surface area contributed by atoms with Crippen LogP contribution in [0.4, 0.5) is 0 Å². The SMILES string of the molecule is Oc1cccc(CCc2ccc(CCc3cccc(O)c3O)c(O)c2O)c1O. The van der Waals surface area contributed by atoms with Gasteiger partial charge in [-0.15, -0.1) is 0 Å². The van der Waals surface area contributed by atoms with E-state index in [1.165, 1.54) is 12.1 Å². The molecule has 3 aromatic carbocycles. The van der Waals surface area contributed by atoms with Crippen molar-refractivity contribution in [1.29, 1.82) is 0 Å². The molecule has 6 nitrogen and oxygen atoms in total. The fourth-order valence-electron chi connectivity index (χ4n) is 3.16. The second-order valence-electron chi connectivity index (χ2n) is 6.65. The standard InChI is InChI=1S/C22H22O6/c23-17-5-1-3-13(19(17)25)7-9-15-11-12-16(22(28)21(15)27)10-8-14-4-2-6-18(24)20(14)26/h1-6,11-12,23-28H,7-10H2. The molecule has 0 aliphatic carbocycles. The van der Waals surface area contributed by atoms with Crippen LogP contribution in [0.1, 0.15) is 22.3 Å². The second-order valence-corrected chi connectivity index (χ2v) is 6.65. The van der Waals surface area contributed by atoms with Crippen molar-refractivity contribution in [3.05, 3.63) is 70.8 Å². The van der Waals surface area contributed by atoms with E-state index in [1.54, 1.807) is 36.4 Å². The molecule has 0 amide bonds. The number of phenolic OH excluding ortho intramolecular Hbond substituents is 6. The minimum Gasteiger partial charge on any atom is -0.504 e. The van der Waals surface area contributed by atoms with Crippen molar-refractivity contribution in [3.63, 3.8) is 0 Å². The van der Waals surface area contributed by atoms with E-state index in [4.69, 9.17) is 0 Å². The van der Waals surface area contributed by atoms with E-state index in [-0.39, 0.29) is 34.5 Å². The number of aryl methyl sites for hydroxylation is 4. The molecular formula is C22H22O6. The average Bonchev–Trinajstić information content (AvgIpc) is 2.68. The zero-order valence-corrected chi connectivity index (χ0v) is 15.1. The lowest BCUT2D eigenvalue weighted by Gasteiger charge is -2.12. The third-order valence-electron chi connectivity index (χ3n) is 4.84. The van der Waals surface area contributed by atoms with E-state index in [0.29, 0.717) is 47.9 Å². The molecule has 6 heteroatoms. The Hall–Kier alpha value is -3.54. The Morgan fingerprint density at radius 3 is 1.07 bits per heavy atom. The Morgan fingerprint density at radius 2 is 0.714 bits per heavy atom. The molecular weight excluding hydrogens is 360 g/mol. The highest BCUT2D eigenvalue weighted by Gasteiger charge is 2.14. The van der Waals surface area contributed by atoms with E-state index >= 15 is 0 Å². The maximum Gasteiger partial charge on any atom is 0.160 e. The third kappa shape index (κ3) is 3.91. The zero-order chi connectivity index (χ0) is 20.3. The van der Waals surface area contributed by atoms with Crippen molar-refractivity contribution >= 4 is 0 Å². The Balaban J connectivity index is 1.72. The lowest BCUT2D eigenvalue weighted by molar-refractivity contribution is 0.392. The number of aromatic hydroxyl groups is 6. The minimum absolute atomic E-state index is 0.186. The highest BCUT2D eigenvalue weighted by atomic mass is 16.3. The summed E-state index contributed by atoms with van der Waals surface area (Å²) in [6.45, 7) is 0. The van der Waals surface area contributed by atoms with Crippen molar-refractivity contribution in [2.75, 3.05) is 0 Å². The molecule has 6 N–H and O–H groups in total. The van der Waals surface area contributed by atoms with E-state index in [1.807, 2.05) is 0 Å². The van der Waals surface area contributed by atoms with E-state index in [2.05, 4.69) is 0 Å². The largest absolute Gasteiger partial charge is 0.504 e. The van der Waals surface area contributed by atoms with Crippen molar-refractivity contribution in [2.45, 2.75) is 25.7 Å². The van der Waals surface area contributed by atoms with Gasteiger partial charge in [0.25, 0.3) is 0 Å². The monoisotopic (exact) mass is 382 g/mol. The summed E-state index contributed by atoms with van der Waals surface area (Å²) in [4.78, 5) is 0. The maximum absolute atomic E-state index is 10.3. The molecule has 146 valence electrons. The smallest absolute Gasteiger partial charge is 0.160 e. The summed E-state index contributed by atoms with van der Waals surface area (Å²) in [6, 6.07) is 12.8. The highest BCUT2D eigenvalue weighted by molar-refractivity contribution is 5.52. The summed E-state index contributed by atoms with van der Waals surface area (Å²) in [7, 11) is 0. The predicted molar refractivity (Wildman–Crippen MR) is 104 cm³/mol. The zero-order valence-electron chi connectivity index (χ0n) is 15.1. The second kappa shape index (κ2) is 8.00. The van der Waals surface area contributed by atoms with Gasteiger partial charge in [-0.05, 0) is 60.1 Å². The van der Waals surface area contributed by atoms with Gasteiger partial charge in [0.1, 0.15) is 0 Å². The van der Waals surface area contributed by atoms with Crippen LogP contribution in [-0.4, -0.2) is 30.6 Å². The van der Waals surface area contributed by atoms with Crippen LogP contribution < -0.4 is 0 Å². The summed E-state index contributed by atoms with van der Waals surface area (Å²) >= 11 is 0. The number of rotatable bonds is 6. The molecule has 0 bridgehead atoms. The molecule has 3 rings (SSSR count).